The quantitative estimate of drug-likeness (QED) is 0.442. The molecule has 4 rings (SSSR count). The van der Waals surface area contributed by atoms with E-state index in [1.165, 1.54) is 5.56 Å². The first kappa shape index (κ1) is 18.1. The summed E-state index contributed by atoms with van der Waals surface area (Å²) in [5, 5.41) is 0.872. The highest BCUT2D eigenvalue weighted by Crippen LogP contribution is 2.25. The van der Waals surface area contributed by atoms with Gasteiger partial charge in [0.1, 0.15) is 17.1 Å². The first-order valence-electron chi connectivity index (χ1n) is 9.11. The maximum Gasteiger partial charge on any atom is 0.336 e. The normalized spacial score (nSPS) is 11.2. The molecule has 0 aliphatic carbocycles. The molecule has 0 saturated carbocycles. The number of rotatable bonds is 7. The summed E-state index contributed by atoms with van der Waals surface area (Å²) in [7, 11) is 1.62. The van der Waals surface area contributed by atoms with Crippen molar-refractivity contribution >= 4 is 11.0 Å². The second-order valence-electron chi connectivity index (χ2n) is 6.66. The van der Waals surface area contributed by atoms with Gasteiger partial charge in [0, 0.05) is 24.5 Å². The lowest BCUT2D eigenvalue weighted by atomic mass is 10.1. The summed E-state index contributed by atoms with van der Waals surface area (Å²) in [6, 6.07) is 21.1. The van der Waals surface area contributed by atoms with Crippen molar-refractivity contribution in [3.05, 3.63) is 100 Å². The number of furan rings is 1. The average Bonchev–Trinajstić information content (AvgIpc) is 3.21. The van der Waals surface area contributed by atoms with Gasteiger partial charge in [-0.2, -0.15) is 0 Å². The number of methoxy groups -OCH3 is 1. The van der Waals surface area contributed by atoms with E-state index in [-0.39, 0.29) is 5.63 Å². The van der Waals surface area contributed by atoms with E-state index in [0.29, 0.717) is 18.7 Å². The van der Waals surface area contributed by atoms with Crippen LogP contribution in [-0.4, -0.2) is 12.0 Å². The Kier molecular flexibility index (Phi) is 5.26. The maximum absolute atomic E-state index is 12.1. The van der Waals surface area contributed by atoms with Crippen LogP contribution in [0.15, 0.2) is 86.6 Å². The van der Waals surface area contributed by atoms with E-state index < -0.39 is 0 Å². The average molecular weight is 375 g/mol. The lowest BCUT2D eigenvalue weighted by molar-refractivity contribution is 0.227. The molecule has 0 fully saturated rings. The number of benzene rings is 2. The number of hydrogen-bond donors (Lipinski definition) is 0. The van der Waals surface area contributed by atoms with Gasteiger partial charge in [-0.05, 0) is 41.5 Å². The topological polar surface area (TPSA) is 55.8 Å². The molecule has 0 unspecified atom stereocenters. The lowest BCUT2D eigenvalue weighted by Gasteiger charge is -2.22. The van der Waals surface area contributed by atoms with E-state index >= 15 is 0 Å². The Labute approximate surface area is 162 Å². The van der Waals surface area contributed by atoms with Crippen LogP contribution in [0.2, 0.25) is 0 Å². The van der Waals surface area contributed by atoms with E-state index in [1.54, 1.807) is 31.6 Å². The predicted molar refractivity (Wildman–Crippen MR) is 107 cm³/mol. The minimum Gasteiger partial charge on any atom is -0.497 e. The first-order chi connectivity index (χ1) is 13.7. The minimum absolute atomic E-state index is 0.356. The van der Waals surface area contributed by atoms with E-state index in [4.69, 9.17) is 13.6 Å². The smallest absolute Gasteiger partial charge is 0.336 e. The molecule has 2 heterocycles. The van der Waals surface area contributed by atoms with Crippen molar-refractivity contribution in [3.8, 4) is 5.75 Å². The Morgan fingerprint density at radius 3 is 2.54 bits per heavy atom. The third kappa shape index (κ3) is 4.15. The number of nitrogens with zero attached hydrogens (tertiary/aromatic N) is 1. The van der Waals surface area contributed by atoms with Crippen molar-refractivity contribution in [1.29, 1.82) is 0 Å². The van der Waals surface area contributed by atoms with Gasteiger partial charge in [-0.1, -0.05) is 30.3 Å². The standard InChI is InChI=1S/C23H21NO4/c1-26-19-9-10-22-21(13-19)18(12-23(25)28-22)15-24(16-20-8-5-11-27-20)14-17-6-3-2-4-7-17/h2-13H,14-16H2,1H3. The van der Waals surface area contributed by atoms with E-state index in [0.717, 1.165) is 29.0 Å². The van der Waals surface area contributed by atoms with Crippen LogP contribution in [0.1, 0.15) is 16.9 Å². The lowest BCUT2D eigenvalue weighted by Crippen LogP contribution is -2.23. The molecule has 0 amide bonds. The van der Waals surface area contributed by atoms with Gasteiger partial charge in [0.25, 0.3) is 0 Å². The van der Waals surface area contributed by atoms with Gasteiger partial charge in [0.15, 0.2) is 0 Å². The van der Waals surface area contributed by atoms with Crippen molar-refractivity contribution in [2.24, 2.45) is 0 Å². The molecule has 0 aliphatic heterocycles. The molecule has 0 atom stereocenters. The fourth-order valence-electron chi connectivity index (χ4n) is 3.34. The molecule has 0 aliphatic rings. The number of ether oxygens (including phenoxy) is 1. The van der Waals surface area contributed by atoms with Crippen LogP contribution < -0.4 is 10.4 Å². The molecule has 2 aromatic carbocycles. The first-order valence-corrected chi connectivity index (χ1v) is 9.11. The molecule has 5 heteroatoms. The maximum atomic E-state index is 12.1. The van der Waals surface area contributed by atoms with Crippen LogP contribution in [0.4, 0.5) is 0 Å². The Morgan fingerprint density at radius 1 is 0.929 bits per heavy atom. The van der Waals surface area contributed by atoms with Gasteiger partial charge in [-0.25, -0.2) is 4.79 Å². The Balaban J connectivity index is 1.70. The Morgan fingerprint density at radius 2 is 1.79 bits per heavy atom. The highest BCUT2D eigenvalue weighted by Gasteiger charge is 2.14. The van der Waals surface area contributed by atoms with Crippen LogP contribution in [0.3, 0.4) is 0 Å². The van der Waals surface area contributed by atoms with Crippen molar-refractivity contribution in [3.63, 3.8) is 0 Å². The molecule has 0 spiro atoms. The highest BCUT2D eigenvalue weighted by atomic mass is 16.5. The van der Waals surface area contributed by atoms with Crippen LogP contribution in [0.25, 0.3) is 11.0 Å². The van der Waals surface area contributed by atoms with Crippen LogP contribution >= 0.6 is 0 Å². The SMILES string of the molecule is COc1ccc2oc(=O)cc(CN(Cc3ccccc3)Cc3ccco3)c2c1. The van der Waals surface area contributed by atoms with Crippen LogP contribution in [0.5, 0.6) is 5.75 Å². The molecular weight excluding hydrogens is 354 g/mol. The molecule has 2 aromatic heterocycles. The van der Waals surface area contributed by atoms with Crippen molar-refractivity contribution in [1.82, 2.24) is 4.90 Å². The number of hydrogen-bond acceptors (Lipinski definition) is 5. The summed E-state index contributed by atoms with van der Waals surface area (Å²) in [5.41, 5.74) is 2.29. The summed E-state index contributed by atoms with van der Waals surface area (Å²) in [6.07, 6.45) is 1.67. The van der Waals surface area contributed by atoms with Gasteiger partial charge < -0.3 is 13.6 Å². The molecule has 0 saturated heterocycles. The molecule has 142 valence electrons. The summed E-state index contributed by atoms with van der Waals surface area (Å²) in [5.74, 6) is 1.60. The molecule has 0 N–H and O–H groups in total. The fraction of sp³-hybridized carbons (Fsp3) is 0.174. The number of fused-ring (bicyclic) bond motifs is 1. The zero-order valence-electron chi connectivity index (χ0n) is 15.6. The molecule has 4 aromatic rings. The third-order valence-electron chi connectivity index (χ3n) is 4.64. The molecule has 0 bridgehead atoms. The molecule has 28 heavy (non-hydrogen) atoms. The van der Waals surface area contributed by atoms with Gasteiger partial charge in [0.05, 0.1) is 19.9 Å². The van der Waals surface area contributed by atoms with Gasteiger partial charge >= 0.3 is 5.63 Å². The monoisotopic (exact) mass is 375 g/mol. The van der Waals surface area contributed by atoms with Crippen molar-refractivity contribution < 1.29 is 13.6 Å². The zero-order valence-corrected chi connectivity index (χ0v) is 15.6. The second-order valence-corrected chi connectivity index (χ2v) is 6.66. The summed E-state index contributed by atoms with van der Waals surface area (Å²) >= 11 is 0. The highest BCUT2D eigenvalue weighted by molar-refractivity contribution is 5.81. The van der Waals surface area contributed by atoms with E-state index in [9.17, 15) is 4.79 Å². The van der Waals surface area contributed by atoms with Crippen molar-refractivity contribution in [2.75, 3.05) is 7.11 Å². The van der Waals surface area contributed by atoms with Gasteiger partial charge in [-0.3, -0.25) is 4.90 Å². The summed E-state index contributed by atoms with van der Waals surface area (Å²) in [6.45, 7) is 1.94. The van der Waals surface area contributed by atoms with Crippen molar-refractivity contribution in [2.45, 2.75) is 19.6 Å². The minimum atomic E-state index is -0.356. The fourth-order valence-corrected chi connectivity index (χ4v) is 3.34. The molecule has 0 radical (unpaired) electrons. The second kappa shape index (κ2) is 8.15. The van der Waals surface area contributed by atoms with Crippen LogP contribution in [-0.2, 0) is 19.6 Å². The predicted octanol–water partition coefficient (Wildman–Crippen LogP) is 4.60. The largest absolute Gasteiger partial charge is 0.497 e. The summed E-state index contributed by atoms with van der Waals surface area (Å²) in [4.78, 5) is 14.3. The van der Waals surface area contributed by atoms with Crippen LogP contribution in [0, 0.1) is 0 Å². The third-order valence-corrected chi connectivity index (χ3v) is 4.64. The molecule has 5 nitrogen and oxygen atoms in total. The Hall–Kier alpha value is -3.31. The van der Waals surface area contributed by atoms with Gasteiger partial charge in [0.2, 0.25) is 0 Å². The van der Waals surface area contributed by atoms with E-state index in [2.05, 4.69) is 17.0 Å². The van der Waals surface area contributed by atoms with Gasteiger partial charge in [-0.15, -0.1) is 0 Å². The zero-order chi connectivity index (χ0) is 19.3. The summed E-state index contributed by atoms with van der Waals surface area (Å²) < 4.78 is 16.2. The van der Waals surface area contributed by atoms with E-state index in [1.807, 2.05) is 36.4 Å². The molecular formula is C23H21NO4. The Bertz CT molecular complexity index is 1100.